The highest BCUT2D eigenvalue weighted by atomic mass is 16.5. The van der Waals surface area contributed by atoms with E-state index in [2.05, 4.69) is 66.4 Å². The number of aromatic nitrogens is 3. The third-order valence-corrected chi connectivity index (χ3v) is 6.32. The number of nitrogens with zero attached hydrogens (tertiary/aromatic N) is 4. The van der Waals surface area contributed by atoms with Crippen LogP contribution in [0, 0.1) is 6.92 Å². The van der Waals surface area contributed by atoms with Crippen molar-refractivity contribution in [2.75, 3.05) is 33.9 Å². The summed E-state index contributed by atoms with van der Waals surface area (Å²) in [7, 11) is 4.14. The van der Waals surface area contributed by atoms with Crippen LogP contribution in [0.5, 0.6) is 0 Å². The molecule has 7 heteroatoms. The Morgan fingerprint density at radius 3 is 2.79 bits per heavy atom. The molecule has 34 heavy (non-hydrogen) atoms. The summed E-state index contributed by atoms with van der Waals surface area (Å²) in [5, 5.41) is 6.03. The highest BCUT2D eigenvalue weighted by Gasteiger charge is 2.27. The zero-order chi connectivity index (χ0) is 24.2. The van der Waals surface area contributed by atoms with E-state index in [0.717, 1.165) is 64.9 Å². The van der Waals surface area contributed by atoms with Crippen LogP contribution in [0.25, 0.3) is 22.0 Å². The molecule has 0 unspecified atom stereocenters. The summed E-state index contributed by atoms with van der Waals surface area (Å²) in [5.74, 6) is -0.258. The van der Waals surface area contributed by atoms with Crippen molar-refractivity contribution in [1.29, 1.82) is 0 Å². The zero-order valence-corrected chi connectivity index (χ0v) is 21.1. The molecule has 7 nitrogen and oxygen atoms in total. The SMILES string of the molecule is CCCc1c(C(=O)OCC)n2c3c(cccc13)-c1c(C)nn(CCN(C)C)c1COC/C=C\C2. The Morgan fingerprint density at radius 2 is 2.06 bits per heavy atom. The number of carbonyl (C=O) groups is 1. The zero-order valence-electron chi connectivity index (χ0n) is 21.1. The summed E-state index contributed by atoms with van der Waals surface area (Å²) in [6.07, 6.45) is 5.88. The maximum Gasteiger partial charge on any atom is 0.355 e. The van der Waals surface area contributed by atoms with Crippen LogP contribution in [-0.2, 0) is 35.6 Å². The molecule has 1 aliphatic rings. The maximum atomic E-state index is 13.2. The molecular weight excluding hydrogens is 428 g/mol. The smallest absolute Gasteiger partial charge is 0.355 e. The molecule has 1 aromatic carbocycles. The van der Waals surface area contributed by atoms with Crippen molar-refractivity contribution >= 4 is 16.9 Å². The molecule has 0 spiro atoms. The van der Waals surface area contributed by atoms with Crippen LogP contribution in [0.2, 0.25) is 0 Å². The predicted octanol–water partition coefficient (Wildman–Crippen LogP) is 4.59. The van der Waals surface area contributed by atoms with Crippen LogP contribution in [0.4, 0.5) is 0 Å². The van der Waals surface area contributed by atoms with Gasteiger partial charge in [0, 0.05) is 29.6 Å². The van der Waals surface area contributed by atoms with Crippen molar-refractivity contribution in [2.45, 2.75) is 53.3 Å². The first-order valence-electron chi connectivity index (χ1n) is 12.2. The molecule has 0 saturated carbocycles. The summed E-state index contributed by atoms with van der Waals surface area (Å²) < 4.78 is 15.8. The summed E-state index contributed by atoms with van der Waals surface area (Å²) in [6.45, 7) is 9.67. The quantitative estimate of drug-likeness (QED) is 0.378. The van der Waals surface area contributed by atoms with Crippen molar-refractivity contribution in [3.8, 4) is 11.1 Å². The van der Waals surface area contributed by atoms with Gasteiger partial charge in [-0.1, -0.05) is 43.7 Å². The lowest BCUT2D eigenvalue weighted by Gasteiger charge is -2.14. The average Bonchev–Trinajstić information content (AvgIpc) is 3.28. The lowest BCUT2D eigenvalue weighted by molar-refractivity contribution is 0.0513. The van der Waals surface area contributed by atoms with E-state index in [1.165, 1.54) is 0 Å². The number of esters is 1. The van der Waals surface area contributed by atoms with Crippen LogP contribution in [-0.4, -0.2) is 59.1 Å². The van der Waals surface area contributed by atoms with Gasteiger partial charge in [0.25, 0.3) is 0 Å². The lowest BCUT2D eigenvalue weighted by atomic mass is 9.98. The number of rotatable bonds is 7. The van der Waals surface area contributed by atoms with Crippen LogP contribution in [0.3, 0.4) is 0 Å². The molecule has 1 aliphatic heterocycles. The van der Waals surface area contributed by atoms with Crippen molar-refractivity contribution in [3.05, 3.63) is 53.0 Å². The largest absolute Gasteiger partial charge is 0.461 e. The minimum atomic E-state index is -0.258. The normalized spacial score (nSPS) is 14.8. The number of allylic oxidation sites excluding steroid dienone is 1. The summed E-state index contributed by atoms with van der Waals surface area (Å²) in [5.41, 5.74) is 7.03. The van der Waals surface area contributed by atoms with Crippen LogP contribution < -0.4 is 0 Å². The Balaban J connectivity index is 2.03. The Labute approximate surface area is 201 Å². The van der Waals surface area contributed by atoms with Crippen LogP contribution >= 0.6 is 0 Å². The molecule has 0 radical (unpaired) electrons. The third kappa shape index (κ3) is 4.55. The highest BCUT2D eigenvalue weighted by molar-refractivity contribution is 6.05. The fourth-order valence-electron chi connectivity index (χ4n) is 4.88. The van der Waals surface area contributed by atoms with Crippen molar-refractivity contribution in [1.82, 2.24) is 19.2 Å². The Morgan fingerprint density at radius 1 is 1.24 bits per heavy atom. The van der Waals surface area contributed by atoms with Gasteiger partial charge in [-0.25, -0.2) is 4.79 Å². The second-order valence-electron chi connectivity index (χ2n) is 9.03. The molecule has 2 aromatic heterocycles. The van der Waals surface area contributed by atoms with Crippen LogP contribution in [0.1, 0.15) is 47.7 Å². The van der Waals surface area contributed by atoms with E-state index in [0.29, 0.717) is 32.1 Å². The lowest BCUT2D eigenvalue weighted by Crippen LogP contribution is -2.20. The predicted molar refractivity (Wildman–Crippen MR) is 135 cm³/mol. The third-order valence-electron chi connectivity index (χ3n) is 6.32. The van der Waals surface area contributed by atoms with Gasteiger partial charge in [0.2, 0.25) is 0 Å². The molecule has 0 saturated heterocycles. The maximum absolute atomic E-state index is 13.2. The first kappa shape index (κ1) is 24.2. The standard InChI is InChI=1S/C27H36N4O3/c1-6-11-20-21-12-10-13-22-24-19(3)28-31(16-15-29(4)5)23(24)18-33-17-9-8-14-30(25(21)22)26(20)27(32)34-7-2/h8-10,12-13H,6-7,11,14-18H2,1-5H3/b9-8-. The number of benzene rings is 1. The summed E-state index contributed by atoms with van der Waals surface area (Å²) in [6, 6.07) is 6.37. The second kappa shape index (κ2) is 10.6. The van der Waals surface area contributed by atoms with Gasteiger partial charge < -0.3 is 18.9 Å². The summed E-state index contributed by atoms with van der Waals surface area (Å²) >= 11 is 0. The van der Waals surface area contributed by atoms with Gasteiger partial charge in [-0.15, -0.1) is 0 Å². The minimum absolute atomic E-state index is 0.258. The van der Waals surface area contributed by atoms with E-state index in [9.17, 15) is 4.79 Å². The van der Waals surface area contributed by atoms with Gasteiger partial charge in [-0.3, -0.25) is 4.68 Å². The number of carbonyl (C=O) groups excluding carboxylic acids is 1. The Kier molecular flexibility index (Phi) is 7.54. The second-order valence-corrected chi connectivity index (χ2v) is 9.03. The Bertz CT molecular complexity index is 1200. The van der Waals surface area contributed by atoms with Crippen LogP contribution in [0.15, 0.2) is 30.4 Å². The number of aryl methyl sites for hydroxylation is 2. The molecule has 0 bridgehead atoms. The Hall–Kier alpha value is -2.90. The van der Waals surface area contributed by atoms with Gasteiger partial charge >= 0.3 is 5.97 Å². The molecule has 0 N–H and O–H groups in total. The molecular formula is C27H36N4O3. The van der Waals surface area contributed by atoms with Crippen molar-refractivity contribution < 1.29 is 14.3 Å². The topological polar surface area (TPSA) is 61.5 Å². The van der Waals surface area contributed by atoms with Gasteiger partial charge in [0.15, 0.2) is 0 Å². The first-order valence-corrected chi connectivity index (χ1v) is 12.2. The van der Waals surface area contributed by atoms with Crippen molar-refractivity contribution in [2.24, 2.45) is 0 Å². The van der Waals surface area contributed by atoms with E-state index in [1.54, 1.807) is 0 Å². The van der Waals surface area contributed by atoms with E-state index in [4.69, 9.17) is 14.6 Å². The van der Waals surface area contributed by atoms with Gasteiger partial charge in [0.05, 0.1) is 43.3 Å². The average molecular weight is 465 g/mol. The van der Waals surface area contributed by atoms with E-state index in [1.807, 2.05) is 13.0 Å². The molecule has 3 aromatic rings. The number of hydrogen-bond acceptors (Lipinski definition) is 5. The summed E-state index contributed by atoms with van der Waals surface area (Å²) in [4.78, 5) is 15.4. The highest BCUT2D eigenvalue weighted by Crippen LogP contribution is 2.38. The molecule has 4 rings (SSSR count). The monoisotopic (exact) mass is 464 g/mol. The van der Waals surface area contributed by atoms with Crippen molar-refractivity contribution in [3.63, 3.8) is 0 Å². The van der Waals surface area contributed by atoms with E-state index in [-0.39, 0.29) is 5.97 Å². The first-order chi connectivity index (χ1) is 16.5. The molecule has 0 fully saturated rings. The molecule has 3 heterocycles. The molecule has 0 aliphatic carbocycles. The van der Waals surface area contributed by atoms with Gasteiger partial charge in [0.1, 0.15) is 5.69 Å². The number of ether oxygens (including phenoxy) is 2. The van der Waals surface area contributed by atoms with E-state index >= 15 is 0 Å². The molecule has 0 atom stereocenters. The molecule has 182 valence electrons. The number of para-hydroxylation sites is 1. The minimum Gasteiger partial charge on any atom is -0.461 e. The van der Waals surface area contributed by atoms with Gasteiger partial charge in [-0.2, -0.15) is 5.10 Å². The van der Waals surface area contributed by atoms with Gasteiger partial charge in [-0.05, 0) is 39.9 Å². The molecule has 0 amide bonds. The number of fused-ring (bicyclic) bond motifs is 2. The number of hydrogen-bond donors (Lipinski definition) is 0. The fraction of sp³-hybridized carbons (Fsp3) is 0.481. The number of likely N-dealkylation sites (N-methyl/N-ethyl adjacent to an activating group) is 1. The fourth-order valence-corrected chi connectivity index (χ4v) is 4.88. The van der Waals surface area contributed by atoms with E-state index < -0.39 is 0 Å².